The monoisotopic (exact) mass is 421 g/mol. The van der Waals surface area contributed by atoms with Crippen LogP contribution in [0.1, 0.15) is 41.2 Å². The summed E-state index contributed by atoms with van der Waals surface area (Å²) >= 11 is 2.60. The van der Waals surface area contributed by atoms with Gasteiger partial charge in [-0.05, 0) is 12.1 Å². The molecule has 3 aromatic rings. The van der Waals surface area contributed by atoms with E-state index < -0.39 is 0 Å². The molecule has 0 saturated heterocycles. The van der Waals surface area contributed by atoms with Gasteiger partial charge in [0.1, 0.15) is 5.01 Å². The van der Waals surface area contributed by atoms with Crippen LogP contribution in [0.25, 0.3) is 0 Å². The molecule has 0 spiro atoms. The average Bonchev–Trinajstić information content (AvgIpc) is 3.40. The topological polar surface area (TPSA) is 128 Å². The van der Waals surface area contributed by atoms with Gasteiger partial charge in [0, 0.05) is 13.0 Å². The summed E-state index contributed by atoms with van der Waals surface area (Å²) < 4.78 is 6.76. The van der Waals surface area contributed by atoms with E-state index in [4.69, 9.17) is 4.42 Å². The quantitative estimate of drug-likeness (QED) is 0.529. The van der Waals surface area contributed by atoms with E-state index in [1.165, 1.54) is 29.4 Å². The number of hydrogen-bond acceptors (Lipinski definition) is 9. The zero-order chi connectivity index (χ0) is 20.1. The molecule has 28 heavy (non-hydrogen) atoms. The third-order valence-electron chi connectivity index (χ3n) is 3.59. The van der Waals surface area contributed by atoms with Crippen LogP contribution >= 0.6 is 23.1 Å². The molecule has 0 radical (unpaired) electrons. The lowest BCUT2D eigenvalue weighted by Gasteiger charge is -2.05. The van der Waals surface area contributed by atoms with Crippen molar-refractivity contribution in [2.45, 2.75) is 31.5 Å². The van der Waals surface area contributed by atoms with E-state index >= 15 is 0 Å². The van der Waals surface area contributed by atoms with E-state index in [2.05, 4.69) is 31.0 Å². The molecule has 0 bridgehead atoms. The second-order valence-electron chi connectivity index (χ2n) is 6.05. The fourth-order valence-electron chi connectivity index (χ4n) is 2.08. The summed E-state index contributed by atoms with van der Waals surface area (Å²) in [5.41, 5.74) is 0. The van der Waals surface area contributed by atoms with Gasteiger partial charge in [0.05, 0.1) is 18.6 Å². The van der Waals surface area contributed by atoms with Gasteiger partial charge >= 0.3 is 0 Å². The number of thioether (sulfide) groups is 1. The first-order valence-corrected chi connectivity index (χ1v) is 10.2. The van der Waals surface area contributed by atoms with E-state index in [9.17, 15) is 9.59 Å². The van der Waals surface area contributed by atoms with Crippen LogP contribution in [-0.4, -0.2) is 42.5 Å². The molecule has 12 heteroatoms. The lowest BCUT2D eigenvalue weighted by Crippen LogP contribution is -2.24. The smallest absolute Gasteiger partial charge is 0.287 e. The first kappa shape index (κ1) is 20.0. The maximum Gasteiger partial charge on any atom is 0.287 e. The number of furan rings is 1. The number of hydrogen-bond donors (Lipinski definition) is 2. The number of nitrogens with one attached hydrogen (secondary N) is 2. The lowest BCUT2D eigenvalue weighted by molar-refractivity contribution is -0.113. The molecule has 0 unspecified atom stereocenters. The van der Waals surface area contributed by atoms with E-state index in [0.717, 1.165) is 5.01 Å². The van der Waals surface area contributed by atoms with Gasteiger partial charge in [0.15, 0.2) is 16.7 Å². The molecule has 0 aliphatic carbocycles. The summed E-state index contributed by atoms with van der Waals surface area (Å²) in [6, 6.07) is 3.22. The van der Waals surface area contributed by atoms with Gasteiger partial charge in [-0.25, -0.2) is 0 Å². The summed E-state index contributed by atoms with van der Waals surface area (Å²) in [5, 5.41) is 23.5. The molecule has 0 aliphatic heterocycles. The Morgan fingerprint density at radius 3 is 2.79 bits per heavy atom. The lowest BCUT2D eigenvalue weighted by atomic mass is 10.2. The first-order chi connectivity index (χ1) is 13.4. The highest BCUT2D eigenvalue weighted by Crippen LogP contribution is 2.23. The molecular formula is C16H19N7O3S2. The predicted molar refractivity (Wildman–Crippen MR) is 104 cm³/mol. The fourth-order valence-corrected chi connectivity index (χ4v) is 3.57. The van der Waals surface area contributed by atoms with Crippen molar-refractivity contribution in [1.82, 2.24) is 30.3 Å². The Hall–Kier alpha value is -2.73. The predicted octanol–water partition coefficient (Wildman–Crippen LogP) is 2.04. The van der Waals surface area contributed by atoms with Crippen molar-refractivity contribution in [3.63, 3.8) is 0 Å². The zero-order valence-corrected chi connectivity index (χ0v) is 17.1. The molecule has 0 fully saturated rings. The maximum atomic E-state index is 12.1. The number of carbonyl (C=O) groups excluding carboxylic acids is 2. The minimum atomic E-state index is -0.334. The van der Waals surface area contributed by atoms with Crippen LogP contribution in [0.3, 0.4) is 0 Å². The molecule has 0 aromatic carbocycles. The van der Waals surface area contributed by atoms with Crippen molar-refractivity contribution < 1.29 is 14.0 Å². The summed E-state index contributed by atoms with van der Waals surface area (Å²) in [6.45, 7) is 4.23. The van der Waals surface area contributed by atoms with Gasteiger partial charge < -0.3 is 14.3 Å². The maximum absolute atomic E-state index is 12.1. The third kappa shape index (κ3) is 4.95. The highest BCUT2D eigenvalue weighted by Gasteiger charge is 2.15. The number of nitrogens with zero attached hydrogens (tertiary/aromatic N) is 5. The summed E-state index contributed by atoms with van der Waals surface area (Å²) in [6.07, 6.45) is 1.43. The zero-order valence-electron chi connectivity index (χ0n) is 15.5. The Morgan fingerprint density at radius 2 is 2.11 bits per heavy atom. The second-order valence-corrected chi connectivity index (χ2v) is 8.01. The van der Waals surface area contributed by atoms with Gasteiger partial charge in [-0.2, -0.15) is 0 Å². The molecule has 0 saturated carbocycles. The summed E-state index contributed by atoms with van der Waals surface area (Å²) in [7, 11) is 1.77. The van der Waals surface area contributed by atoms with Crippen LogP contribution in [0.2, 0.25) is 0 Å². The van der Waals surface area contributed by atoms with Crippen LogP contribution in [0.5, 0.6) is 0 Å². The third-order valence-corrected chi connectivity index (χ3v) is 5.75. The number of amides is 2. The van der Waals surface area contributed by atoms with Gasteiger partial charge in [-0.1, -0.05) is 36.9 Å². The Labute approximate surface area is 169 Å². The molecule has 3 rings (SSSR count). The molecule has 3 aromatic heterocycles. The molecular weight excluding hydrogens is 402 g/mol. The molecule has 0 atom stereocenters. The van der Waals surface area contributed by atoms with Crippen molar-refractivity contribution >= 4 is 40.0 Å². The summed E-state index contributed by atoms with van der Waals surface area (Å²) in [4.78, 5) is 24.0. The van der Waals surface area contributed by atoms with E-state index in [1.54, 1.807) is 23.7 Å². The SMILES string of the molecule is CC(C)c1nnc(NC(=O)CSc2nnc(CNC(=O)c3ccco3)n2C)s1. The highest BCUT2D eigenvalue weighted by atomic mass is 32.2. The Kier molecular flexibility index (Phi) is 6.41. The van der Waals surface area contributed by atoms with Crippen LogP contribution < -0.4 is 10.6 Å². The highest BCUT2D eigenvalue weighted by molar-refractivity contribution is 7.99. The van der Waals surface area contributed by atoms with Crippen LogP contribution in [0.4, 0.5) is 5.13 Å². The van der Waals surface area contributed by atoms with Crippen LogP contribution in [0, 0.1) is 0 Å². The summed E-state index contributed by atoms with van der Waals surface area (Å²) in [5.74, 6) is 0.676. The minimum absolute atomic E-state index is 0.154. The minimum Gasteiger partial charge on any atom is -0.459 e. The van der Waals surface area contributed by atoms with E-state index in [0.29, 0.717) is 16.1 Å². The van der Waals surface area contributed by atoms with Crippen molar-refractivity contribution in [2.75, 3.05) is 11.1 Å². The van der Waals surface area contributed by atoms with Crippen LogP contribution in [-0.2, 0) is 18.4 Å². The van der Waals surface area contributed by atoms with Gasteiger partial charge in [0.2, 0.25) is 11.0 Å². The molecule has 2 N–H and O–H groups in total. The van der Waals surface area contributed by atoms with E-state index in [1.807, 2.05) is 13.8 Å². The standard InChI is InChI=1S/C16H19N7O3S2/c1-9(2)14-20-21-15(28-14)18-12(24)8-27-16-22-19-11(23(16)3)7-17-13(25)10-5-4-6-26-10/h4-6,9H,7-8H2,1-3H3,(H,17,25)(H,18,21,24). The van der Waals surface area contributed by atoms with Gasteiger partial charge in [-0.3, -0.25) is 14.9 Å². The normalized spacial score (nSPS) is 11.0. The molecule has 10 nitrogen and oxygen atoms in total. The molecule has 148 valence electrons. The van der Waals surface area contributed by atoms with E-state index in [-0.39, 0.29) is 35.8 Å². The number of rotatable bonds is 8. The second kappa shape index (κ2) is 8.97. The Balaban J connectivity index is 1.49. The Bertz CT molecular complexity index is 950. The fraction of sp³-hybridized carbons (Fsp3) is 0.375. The molecule has 3 heterocycles. The van der Waals surface area contributed by atoms with Crippen LogP contribution in [0.15, 0.2) is 28.0 Å². The Morgan fingerprint density at radius 1 is 1.29 bits per heavy atom. The van der Waals surface area contributed by atoms with Crippen molar-refractivity contribution in [3.05, 3.63) is 35.0 Å². The first-order valence-electron chi connectivity index (χ1n) is 8.40. The largest absolute Gasteiger partial charge is 0.459 e. The molecule has 0 aliphatic rings. The average molecular weight is 422 g/mol. The number of aromatic nitrogens is 5. The van der Waals surface area contributed by atoms with Crippen molar-refractivity contribution in [3.8, 4) is 0 Å². The molecule has 2 amide bonds. The number of anilines is 1. The van der Waals surface area contributed by atoms with Crippen molar-refractivity contribution in [1.29, 1.82) is 0 Å². The number of carbonyl (C=O) groups is 2. The van der Waals surface area contributed by atoms with Gasteiger partial charge in [0.25, 0.3) is 5.91 Å². The van der Waals surface area contributed by atoms with Crippen molar-refractivity contribution in [2.24, 2.45) is 7.05 Å². The van der Waals surface area contributed by atoms with Gasteiger partial charge in [-0.15, -0.1) is 20.4 Å².